The molecule has 0 N–H and O–H groups in total. The molecule has 7 nitrogen and oxygen atoms in total. The van der Waals surface area contributed by atoms with E-state index in [0.717, 1.165) is 28.3 Å². The zero-order valence-corrected chi connectivity index (χ0v) is 15.3. The number of hydrogen-bond donors (Lipinski definition) is 0. The molecule has 0 radical (unpaired) electrons. The minimum absolute atomic E-state index is 0.0300. The Morgan fingerprint density at radius 1 is 1.14 bits per heavy atom. The van der Waals surface area contributed by atoms with Crippen LogP contribution in [0.3, 0.4) is 0 Å². The number of furan rings is 1. The van der Waals surface area contributed by atoms with E-state index in [1.165, 1.54) is 0 Å². The van der Waals surface area contributed by atoms with Gasteiger partial charge in [-0.1, -0.05) is 30.3 Å². The standard InChI is InChI=1S/C21H18N4O3/c1-27-12-15-19(13-6-3-2-4-7-13)21-23-22-20-16(25(21)24-15)10-14(11-17(20)26)18-8-5-9-28-18/h2-9,14H,10-12H2,1H3/t14-/m0/s1. The van der Waals surface area contributed by atoms with Crippen LogP contribution in [0.1, 0.15) is 40.0 Å². The monoisotopic (exact) mass is 374 g/mol. The number of benzene rings is 1. The number of ether oxygens (including phenoxy) is 1. The SMILES string of the molecule is COCc1nn2c3c(nnc2c1-c1ccccc1)C(=O)C[C@@H](c1ccco1)C3. The van der Waals surface area contributed by atoms with E-state index in [1.807, 2.05) is 42.5 Å². The fourth-order valence-electron chi connectivity index (χ4n) is 3.88. The normalized spacial score (nSPS) is 16.5. The Bertz CT molecular complexity index is 1150. The van der Waals surface area contributed by atoms with Crippen LogP contribution < -0.4 is 0 Å². The molecule has 0 aliphatic heterocycles. The van der Waals surface area contributed by atoms with Crippen LogP contribution in [0.5, 0.6) is 0 Å². The van der Waals surface area contributed by atoms with Crippen molar-refractivity contribution in [3.63, 3.8) is 0 Å². The second-order valence-electron chi connectivity index (χ2n) is 6.90. The molecule has 5 rings (SSSR count). The summed E-state index contributed by atoms with van der Waals surface area (Å²) in [5.41, 5.74) is 4.42. The van der Waals surface area contributed by atoms with Gasteiger partial charge in [0.25, 0.3) is 0 Å². The van der Waals surface area contributed by atoms with E-state index in [1.54, 1.807) is 17.9 Å². The first-order valence-corrected chi connectivity index (χ1v) is 9.14. The maximum atomic E-state index is 12.7. The number of Topliss-reactive ketones (excluding diaryl/α,β-unsaturated/α-hetero) is 1. The van der Waals surface area contributed by atoms with Gasteiger partial charge in [-0.15, -0.1) is 10.2 Å². The van der Waals surface area contributed by atoms with Gasteiger partial charge in [-0.25, -0.2) is 4.52 Å². The van der Waals surface area contributed by atoms with Crippen molar-refractivity contribution < 1.29 is 13.9 Å². The first-order chi connectivity index (χ1) is 13.8. The molecular formula is C21H18N4O3. The number of fused-ring (bicyclic) bond motifs is 3. The van der Waals surface area contributed by atoms with Gasteiger partial charge in [0.05, 0.1) is 29.8 Å². The van der Waals surface area contributed by atoms with Crippen molar-refractivity contribution in [2.45, 2.75) is 25.4 Å². The highest BCUT2D eigenvalue weighted by Crippen LogP contribution is 2.34. The van der Waals surface area contributed by atoms with E-state index in [4.69, 9.17) is 14.3 Å². The van der Waals surface area contributed by atoms with Gasteiger partial charge in [-0.05, 0) is 17.7 Å². The van der Waals surface area contributed by atoms with Gasteiger partial charge in [-0.2, -0.15) is 5.10 Å². The van der Waals surface area contributed by atoms with E-state index in [9.17, 15) is 4.79 Å². The summed E-state index contributed by atoms with van der Waals surface area (Å²) in [5.74, 6) is 0.733. The van der Waals surface area contributed by atoms with Crippen LogP contribution >= 0.6 is 0 Å². The van der Waals surface area contributed by atoms with Crippen LogP contribution in [0, 0.1) is 0 Å². The zero-order valence-electron chi connectivity index (χ0n) is 15.3. The van der Waals surface area contributed by atoms with Gasteiger partial charge >= 0.3 is 0 Å². The average molecular weight is 374 g/mol. The molecule has 1 aromatic carbocycles. The second kappa shape index (κ2) is 6.69. The van der Waals surface area contributed by atoms with Crippen LogP contribution in [0.15, 0.2) is 53.1 Å². The third-order valence-electron chi connectivity index (χ3n) is 5.13. The van der Waals surface area contributed by atoms with Gasteiger partial charge in [0, 0.05) is 25.9 Å². The molecule has 3 aromatic heterocycles. The molecule has 0 fully saturated rings. The Morgan fingerprint density at radius 2 is 2.00 bits per heavy atom. The molecule has 0 bridgehead atoms. The summed E-state index contributed by atoms with van der Waals surface area (Å²) in [6, 6.07) is 13.7. The van der Waals surface area contributed by atoms with Crippen molar-refractivity contribution in [1.29, 1.82) is 0 Å². The topological polar surface area (TPSA) is 82.5 Å². The molecule has 0 amide bonds. The van der Waals surface area contributed by atoms with Gasteiger partial charge in [-0.3, -0.25) is 4.79 Å². The molecule has 7 heteroatoms. The predicted molar refractivity (Wildman–Crippen MR) is 101 cm³/mol. The molecule has 1 atom stereocenters. The predicted octanol–water partition coefficient (Wildman–Crippen LogP) is 3.44. The minimum Gasteiger partial charge on any atom is -0.469 e. The van der Waals surface area contributed by atoms with Crippen molar-refractivity contribution in [1.82, 2.24) is 19.8 Å². The number of methoxy groups -OCH3 is 1. The number of ketones is 1. The van der Waals surface area contributed by atoms with E-state index in [0.29, 0.717) is 30.8 Å². The van der Waals surface area contributed by atoms with E-state index in [2.05, 4.69) is 10.2 Å². The minimum atomic E-state index is -0.0397. The first-order valence-electron chi connectivity index (χ1n) is 9.14. The fraction of sp³-hybridized carbons (Fsp3) is 0.238. The Labute approximate surface area is 161 Å². The Morgan fingerprint density at radius 3 is 2.75 bits per heavy atom. The lowest BCUT2D eigenvalue weighted by Gasteiger charge is -2.21. The van der Waals surface area contributed by atoms with Crippen LogP contribution in [-0.2, 0) is 17.8 Å². The molecule has 1 aliphatic rings. The Kier molecular flexibility index (Phi) is 4.02. The van der Waals surface area contributed by atoms with Crippen molar-refractivity contribution in [2.75, 3.05) is 7.11 Å². The Hall–Kier alpha value is -3.32. The molecule has 140 valence electrons. The van der Waals surface area contributed by atoms with Gasteiger partial charge in [0.2, 0.25) is 0 Å². The molecule has 0 saturated carbocycles. The molecular weight excluding hydrogens is 356 g/mol. The number of carbonyl (C=O) groups excluding carboxylic acids is 1. The van der Waals surface area contributed by atoms with Crippen LogP contribution in [0.25, 0.3) is 16.8 Å². The van der Waals surface area contributed by atoms with Gasteiger partial charge in [0.1, 0.15) is 5.76 Å². The average Bonchev–Trinajstić information content (AvgIpc) is 3.37. The van der Waals surface area contributed by atoms with Gasteiger partial charge < -0.3 is 9.15 Å². The number of rotatable bonds is 4. The summed E-state index contributed by atoms with van der Waals surface area (Å²) in [4.78, 5) is 12.7. The number of nitrogens with zero attached hydrogens (tertiary/aromatic N) is 4. The highest BCUT2D eigenvalue weighted by molar-refractivity contribution is 5.97. The lowest BCUT2D eigenvalue weighted by atomic mass is 9.87. The summed E-state index contributed by atoms with van der Waals surface area (Å²) in [7, 11) is 1.64. The summed E-state index contributed by atoms with van der Waals surface area (Å²) in [5, 5.41) is 13.4. The van der Waals surface area contributed by atoms with E-state index < -0.39 is 0 Å². The summed E-state index contributed by atoms with van der Waals surface area (Å²) in [6.07, 6.45) is 2.61. The summed E-state index contributed by atoms with van der Waals surface area (Å²) >= 11 is 0. The third-order valence-corrected chi connectivity index (χ3v) is 5.13. The second-order valence-corrected chi connectivity index (χ2v) is 6.90. The molecule has 0 spiro atoms. The van der Waals surface area contributed by atoms with Gasteiger partial charge in [0.15, 0.2) is 17.1 Å². The van der Waals surface area contributed by atoms with Crippen molar-refractivity contribution in [3.05, 3.63) is 71.6 Å². The van der Waals surface area contributed by atoms with Crippen molar-refractivity contribution in [2.24, 2.45) is 0 Å². The number of carbonyl (C=O) groups is 1. The maximum absolute atomic E-state index is 12.7. The molecule has 0 saturated heterocycles. The number of aromatic nitrogens is 4. The van der Waals surface area contributed by atoms with Crippen LogP contribution in [0.4, 0.5) is 0 Å². The smallest absolute Gasteiger partial charge is 0.185 e. The molecule has 1 aliphatic carbocycles. The Balaban J connectivity index is 1.71. The lowest BCUT2D eigenvalue weighted by molar-refractivity contribution is 0.0951. The number of hydrogen-bond acceptors (Lipinski definition) is 6. The first kappa shape index (κ1) is 16.8. The molecule has 28 heavy (non-hydrogen) atoms. The van der Waals surface area contributed by atoms with E-state index in [-0.39, 0.29) is 11.7 Å². The van der Waals surface area contributed by atoms with Crippen LogP contribution in [-0.4, -0.2) is 32.7 Å². The third kappa shape index (κ3) is 2.63. The summed E-state index contributed by atoms with van der Waals surface area (Å²) in [6.45, 7) is 0.345. The van der Waals surface area contributed by atoms with Crippen molar-refractivity contribution in [3.8, 4) is 11.1 Å². The lowest BCUT2D eigenvalue weighted by Crippen LogP contribution is -2.24. The van der Waals surface area contributed by atoms with Crippen molar-refractivity contribution >= 4 is 11.4 Å². The highest BCUT2D eigenvalue weighted by atomic mass is 16.5. The summed E-state index contributed by atoms with van der Waals surface area (Å²) < 4.78 is 12.7. The molecule has 0 unspecified atom stereocenters. The quantitative estimate of drug-likeness (QED) is 0.544. The maximum Gasteiger partial charge on any atom is 0.185 e. The fourth-order valence-corrected chi connectivity index (χ4v) is 3.88. The van der Waals surface area contributed by atoms with E-state index >= 15 is 0 Å². The molecule has 4 aromatic rings. The molecule has 3 heterocycles. The van der Waals surface area contributed by atoms with Crippen LogP contribution in [0.2, 0.25) is 0 Å². The zero-order chi connectivity index (χ0) is 19.1. The largest absolute Gasteiger partial charge is 0.469 e. The highest BCUT2D eigenvalue weighted by Gasteiger charge is 2.33.